The van der Waals surface area contributed by atoms with Gasteiger partial charge in [-0.15, -0.1) is 4.52 Å². The fourth-order valence-corrected chi connectivity index (χ4v) is 2.67. The molecule has 16 heavy (non-hydrogen) atoms. The van der Waals surface area contributed by atoms with Crippen molar-refractivity contribution in [3.63, 3.8) is 0 Å². The summed E-state index contributed by atoms with van der Waals surface area (Å²) in [4.78, 5) is 0. The van der Waals surface area contributed by atoms with E-state index in [0.717, 1.165) is 12.8 Å². The average Bonchev–Trinajstić information content (AvgIpc) is 2.31. The summed E-state index contributed by atoms with van der Waals surface area (Å²) in [6.07, 6.45) is 5.70. The number of benzene rings is 1. The van der Waals surface area contributed by atoms with E-state index >= 15 is 0 Å². The third-order valence-electron chi connectivity index (χ3n) is 2.71. The summed E-state index contributed by atoms with van der Waals surface area (Å²) in [7, 11) is -2.03. The monoisotopic (exact) mass is 239 g/mol. The summed E-state index contributed by atoms with van der Waals surface area (Å²) in [5.74, 6) is 0.597. The van der Waals surface area contributed by atoms with Crippen molar-refractivity contribution in [2.75, 3.05) is 0 Å². The third kappa shape index (κ3) is 3.58. The molecule has 1 fully saturated rings. The first-order chi connectivity index (χ1) is 7.84. The molecule has 3 nitrogen and oxygen atoms in total. The predicted octanol–water partition coefficient (Wildman–Crippen LogP) is 4.07. The van der Waals surface area contributed by atoms with Crippen molar-refractivity contribution in [1.29, 1.82) is 0 Å². The van der Waals surface area contributed by atoms with Crippen molar-refractivity contribution in [1.82, 2.24) is 0 Å². The van der Waals surface area contributed by atoms with Gasteiger partial charge in [-0.25, -0.2) is 4.52 Å². The van der Waals surface area contributed by atoms with Crippen LogP contribution in [-0.2, 0) is 9.09 Å². The van der Waals surface area contributed by atoms with Crippen LogP contribution in [0, 0.1) is 0 Å². The van der Waals surface area contributed by atoms with Gasteiger partial charge < -0.3 is 0 Å². The van der Waals surface area contributed by atoms with Gasteiger partial charge in [0.15, 0.2) is 5.75 Å². The lowest BCUT2D eigenvalue weighted by Gasteiger charge is -2.15. The number of para-hydroxylation sites is 1. The summed E-state index contributed by atoms with van der Waals surface area (Å²) in [5.41, 5.74) is 0. The molecule has 0 bridgehead atoms. The smallest absolute Gasteiger partial charge is 0.229 e. The normalized spacial score (nSPS) is 18.1. The minimum Gasteiger partial charge on any atom is -0.229 e. The standard InChI is InChI=1S/C12H16O3P/c13-16(14-11-7-3-1-4-8-11)15-12-9-5-2-6-10-12/h1,3-4,7-8,12H,2,5-6,9-10H2/q+1. The Bertz CT molecular complexity index is 333. The molecule has 4 heteroatoms. The highest BCUT2D eigenvalue weighted by atomic mass is 31.1. The second kappa shape index (κ2) is 5.97. The van der Waals surface area contributed by atoms with Gasteiger partial charge in [0.05, 0.1) is 0 Å². The lowest BCUT2D eigenvalue weighted by atomic mass is 9.98. The molecule has 0 spiro atoms. The lowest BCUT2D eigenvalue weighted by Crippen LogP contribution is -2.13. The van der Waals surface area contributed by atoms with Crippen molar-refractivity contribution >= 4 is 8.25 Å². The Kier molecular flexibility index (Phi) is 4.32. The summed E-state index contributed by atoms with van der Waals surface area (Å²) < 4.78 is 22.2. The first-order valence-electron chi connectivity index (χ1n) is 5.71. The molecule has 2 rings (SSSR count). The molecule has 0 heterocycles. The number of hydrogen-bond donors (Lipinski definition) is 0. The van der Waals surface area contributed by atoms with E-state index in [1.165, 1.54) is 19.3 Å². The molecule has 1 unspecified atom stereocenters. The van der Waals surface area contributed by atoms with E-state index in [1.807, 2.05) is 18.2 Å². The summed E-state index contributed by atoms with van der Waals surface area (Å²) in [6.45, 7) is 0. The zero-order chi connectivity index (χ0) is 11.2. The molecular weight excluding hydrogens is 223 g/mol. The van der Waals surface area contributed by atoms with Gasteiger partial charge in [-0.05, 0) is 25.0 Å². The second-order valence-electron chi connectivity index (χ2n) is 3.99. The van der Waals surface area contributed by atoms with Gasteiger partial charge in [0.2, 0.25) is 0 Å². The molecule has 0 amide bonds. The van der Waals surface area contributed by atoms with E-state index in [1.54, 1.807) is 12.1 Å². The van der Waals surface area contributed by atoms with Crippen molar-refractivity contribution in [2.24, 2.45) is 0 Å². The van der Waals surface area contributed by atoms with Crippen LogP contribution in [0.2, 0.25) is 0 Å². The Hall–Kier alpha value is -0.920. The van der Waals surface area contributed by atoms with Crippen LogP contribution < -0.4 is 4.52 Å². The molecule has 1 aliphatic rings. The summed E-state index contributed by atoms with van der Waals surface area (Å²) in [6, 6.07) is 9.13. The maximum Gasteiger partial charge on any atom is 0.750 e. The third-order valence-corrected chi connectivity index (χ3v) is 3.54. The summed E-state index contributed by atoms with van der Waals surface area (Å²) >= 11 is 0. The minimum absolute atomic E-state index is 0.112. The van der Waals surface area contributed by atoms with Gasteiger partial charge in [-0.1, -0.05) is 37.5 Å². The van der Waals surface area contributed by atoms with Crippen LogP contribution in [0.1, 0.15) is 32.1 Å². The van der Waals surface area contributed by atoms with Gasteiger partial charge in [0.1, 0.15) is 6.10 Å². The van der Waals surface area contributed by atoms with E-state index in [9.17, 15) is 4.57 Å². The Morgan fingerprint density at radius 1 is 1.06 bits per heavy atom. The average molecular weight is 239 g/mol. The molecular formula is C12H16O3P+. The van der Waals surface area contributed by atoms with Crippen LogP contribution >= 0.6 is 8.25 Å². The Morgan fingerprint density at radius 2 is 1.75 bits per heavy atom. The van der Waals surface area contributed by atoms with Crippen molar-refractivity contribution in [3.05, 3.63) is 30.3 Å². The highest BCUT2D eigenvalue weighted by Crippen LogP contribution is 2.33. The molecule has 0 aliphatic heterocycles. The molecule has 0 saturated heterocycles. The van der Waals surface area contributed by atoms with Crippen LogP contribution in [0.5, 0.6) is 5.75 Å². The first-order valence-corrected chi connectivity index (χ1v) is 6.81. The van der Waals surface area contributed by atoms with Crippen LogP contribution in [0.15, 0.2) is 30.3 Å². The summed E-state index contributed by atoms with van der Waals surface area (Å²) in [5, 5.41) is 0. The fourth-order valence-electron chi connectivity index (χ4n) is 1.88. The van der Waals surface area contributed by atoms with Gasteiger partial charge in [-0.2, -0.15) is 0 Å². The molecule has 0 aromatic heterocycles. The molecule has 0 N–H and O–H groups in total. The van der Waals surface area contributed by atoms with Gasteiger partial charge in [-0.3, -0.25) is 0 Å². The number of rotatable bonds is 4. The van der Waals surface area contributed by atoms with Crippen LogP contribution in [0.25, 0.3) is 0 Å². The zero-order valence-electron chi connectivity index (χ0n) is 9.17. The second-order valence-corrected chi connectivity index (χ2v) is 4.83. The maximum absolute atomic E-state index is 11.6. The number of hydrogen-bond acceptors (Lipinski definition) is 3. The molecule has 1 saturated carbocycles. The highest BCUT2D eigenvalue weighted by molar-refractivity contribution is 7.33. The molecule has 1 aromatic rings. The minimum atomic E-state index is -2.03. The molecule has 1 aliphatic carbocycles. The van der Waals surface area contributed by atoms with Gasteiger partial charge in [0, 0.05) is 4.57 Å². The highest BCUT2D eigenvalue weighted by Gasteiger charge is 2.29. The van der Waals surface area contributed by atoms with E-state index in [2.05, 4.69) is 0 Å². The van der Waals surface area contributed by atoms with E-state index in [0.29, 0.717) is 5.75 Å². The van der Waals surface area contributed by atoms with Crippen LogP contribution in [0.3, 0.4) is 0 Å². The SMILES string of the molecule is O=[P+](Oc1ccccc1)OC1CCCCC1. The molecule has 1 aromatic carbocycles. The van der Waals surface area contributed by atoms with Crippen LogP contribution in [0.4, 0.5) is 0 Å². The Morgan fingerprint density at radius 3 is 2.44 bits per heavy atom. The Balaban J connectivity index is 1.80. The van der Waals surface area contributed by atoms with Crippen LogP contribution in [-0.4, -0.2) is 6.10 Å². The molecule has 0 radical (unpaired) electrons. The van der Waals surface area contributed by atoms with Gasteiger partial charge in [0.25, 0.3) is 0 Å². The fraction of sp³-hybridized carbons (Fsp3) is 0.500. The van der Waals surface area contributed by atoms with E-state index < -0.39 is 8.25 Å². The van der Waals surface area contributed by atoms with Crippen molar-refractivity contribution in [3.8, 4) is 5.75 Å². The van der Waals surface area contributed by atoms with Crippen molar-refractivity contribution in [2.45, 2.75) is 38.2 Å². The van der Waals surface area contributed by atoms with Gasteiger partial charge >= 0.3 is 8.25 Å². The first kappa shape index (κ1) is 11.6. The van der Waals surface area contributed by atoms with Crippen molar-refractivity contribution < 1.29 is 13.6 Å². The zero-order valence-corrected chi connectivity index (χ0v) is 10.1. The quantitative estimate of drug-likeness (QED) is 0.743. The molecule has 1 atom stereocenters. The van der Waals surface area contributed by atoms with E-state index in [4.69, 9.17) is 9.05 Å². The molecule has 86 valence electrons. The topological polar surface area (TPSA) is 35.5 Å². The Labute approximate surface area is 96.7 Å². The van der Waals surface area contributed by atoms with E-state index in [-0.39, 0.29) is 6.10 Å². The maximum atomic E-state index is 11.6. The largest absolute Gasteiger partial charge is 0.750 e. The lowest BCUT2D eigenvalue weighted by molar-refractivity contribution is 0.149. The predicted molar refractivity (Wildman–Crippen MR) is 62.6 cm³/mol.